The van der Waals surface area contributed by atoms with Crippen molar-refractivity contribution in [2.24, 2.45) is 4.99 Å². The van der Waals surface area contributed by atoms with Crippen molar-refractivity contribution >= 4 is 24.9 Å². The van der Waals surface area contributed by atoms with Crippen molar-refractivity contribution in [2.75, 3.05) is 12.4 Å². The zero-order valence-electron chi connectivity index (χ0n) is 17.5. The molecule has 0 bridgehead atoms. The number of anilines is 1. The highest BCUT2D eigenvalue weighted by atomic mass is 31.2. The van der Waals surface area contributed by atoms with Gasteiger partial charge in [0.15, 0.2) is 11.5 Å². The normalized spacial score (nSPS) is 20.8. The molecule has 7 nitrogen and oxygen atoms in total. The van der Waals surface area contributed by atoms with Crippen LogP contribution in [0.4, 0.5) is 11.5 Å². The van der Waals surface area contributed by atoms with Crippen LogP contribution in [0.5, 0.6) is 5.88 Å². The maximum atomic E-state index is 9.68. The number of ether oxygens (including phenoxy) is 1. The van der Waals surface area contributed by atoms with Gasteiger partial charge in [-0.1, -0.05) is 24.3 Å². The average molecular weight is 427 g/mol. The summed E-state index contributed by atoms with van der Waals surface area (Å²) in [5, 5.41) is 0. The van der Waals surface area contributed by atoms with Gasteiger partial charge in [-0.2, -0.15) is 4.98 Å². The van der Waals surface area contributed by atoms with Crippen LogP contribution in [-0.2, 0) is 0 Å². The number of nitrogens with zero attached hydrogens (tertiary/aromatic N) is 3. The number of nitrogen functional groups attached to an aromatic ring is 1. The quantitative estimate of drug-likeness (QED) is 0.628. The fourth-order valence-corrected chi connectivity index (χ4v) is 5.16. The van der Waals surface area contributed by atoms with E-state index in [0.29, 0.717) is 23.3 Å². The first-order valence-corrected chi connectivity index (χ1v) is 12.3. The maximum Gasteiger partial charge on any atom is 0.289 e. The van der Waals surface area contributed by atoms with Crippen molar-refractivity contribution in [3.8, 4) is 5.88 Å². The average Bonchev–Trinajstić information content (AvgIpc) is 2.67. The molecule has 1 aliphatic heterocycles. The van der Waals surface area contributed by atoms with Gasteiger partial charge in [-0.3, -0.25) is 0 Å². The van der Waals surface area contributed by atoms with E-state index in [2.05, 4.69) is 34.2 Å². The Morgan fingerprint density at radius 1 is 1.13 bits per heavy atom. The summed E-state index contributed by atoms with van der Waals surface area (Å²) in [4.78, 5) is 32.3. The first-order valence-electron chi connectivity index (χ1n) is 10.1. The Kier molecular flexibility index (Phi) is 5.39. The van der Waals surface area contributed by atoms with Crippen molar-refractivity contribution in [1.82, 2.24) is 9.97 Å². The van der Waals surface area contributed by atoms with Gasteiger partial charge in [0.1, 0.15) is 24.4 Å². The van der Waals surface area contributed by atoms with Crippen molar-refractivity contribution < 1.29 is 14.5 Å². The molecule has 0 amide bonds. The molecular weight excluding hydrogens is 399 g/mol. The topological polar surface area (TPSA) is 114 Å². The predicted octanol–water partition coefficient (Wildman–Crippen LogP) is 4.35. The van der Waals surface area contributed by atoms with Gasteiger partial charge in [-0.15, -0.1) is 0 Å². The minimum Gasteiger partial charge on any atom is -0.463 e. The lowest BCUT2D eigenvalue weighted by molar-refractivity contribution is 0.171. The van der Waals surface area contributed by atoms with E-state index in [4.69, 9.17) is 15.5 Å². The molecule has 1 aromatic carbocycles. The molecule has 0 atom stereocenters. The van der Waals surface area contributed by atoms with E-state index in [1.54, 1.807) is 5.82 Å². The second-order valence-corrected chi connectivity index (χ2v) is 10.9. The molecule has 2 aliphatic rings. The summed E-state index contributed by atoms with van der Waals surface area (Å²) >= 11 is 0. The van der Waals surface area contributed by atoms with Crippen molar-refractivity contribution in [2.45, 2.75) is 51.0 Å². The number of benzene rings is 1. The molecule has 1 aromatic heterocycles. The minimum atomic E-state index is -2.84. The molecule has 1 aliphatic carbocycles. The van der Waals surface area contributed by atoms with Gasteiger partial charge in [0, 0.05) is 5.56 Å². The molecule has 2 heterocycles. The molecule has 8 heteroatoms. The Morgan fingerprint density at radius 3 is 2.43 bits per heavy atom. The summed E-state index contributed by atoms with van der Waals surface area (Å²) in [7, 11) is -2.84. The van der Waals surface area contributed by atoms with Crippen LogP contribution in [0.15, 0.2) is 47.0 Å². The van der Waals surface area contributed by atoms with Gasteiger partial charge in [-0.25, -0.2) is 19.8 Å². The number of nitrogens with two attached hydrogens (primary N) is 1. The van der Waals surface area contributed by atoms with E-state index < -0.39 is 13.3 Å². The summed E-state index contributed by atoms with van der Waals surface area (Å²) in [5.74, 6) is 2.87. The third kappa shape index (κ3) is 4.38. The van der Waals surface area contributed by atoms with Crippen LogP contribution >= 0.6 is 7.72 Å². The lowest BCUT2D eigenvalue weighted by Crippen LogP contribution is -2.41. The van der Waals surface area contributed by atoms with Gasteiger partial charge in [0.05, 0.1) is 5.71 Å². The number of aromatic nitrogens is 2. The lowest BCUT2D eigenvalue weighted by atomic mass is 9.81. The zero-order chi connectivity index (χ0) is 21.5. The Morgan fingerprint density at radius 2 is 1.80 bits per heavy atom. The van der Waals surface area contributed by atoms with Gasteiger partial charge >= 0.3 is 0 Å². The molecule has 30 heavy (non-hydrogen) atoms. The number of hydrogen-bond donors (Lipinski definition) is 3. The van der Waals surface area contributed by atoms with Crippen LogP contribution in [0.1, 0.15) is 56.6 Å². The van der Waals surface area contributed by atoms with Gasteiger partial charge < -0.3 is 10.5 Å². The van der Waals surface area contributed by atoms with Crippen LogP contribution < -0.4 is 10.5 Å². The number of rotatable bonds is 3. The summed E-state index contributed by atoms with van der Waals surface area (Å²) in [6.45, 7) is 5.44. The first-order chi connectivity index (χ1) is 14.1. The van der Waals surface area contributed by atoms with Gasteiger partial charge in [0.25, 0.3) is 7.72 Å². The van der Waals surface area contributed by atoms with Crippen molar-refractivity contribution in [3.05, 3.63) is 53.1 Å². The number of allylic oxidation sites excluding steroid dienone is 1. The molecular formula is C22H28N4O3P+. The van der Waals surface area contributed by atoms with Crippen LogP contribution in [-0.4, -0.2) is 37.7 Å². The minimum absolute atomic E-state index is 0.306. The number of fused-ring (bicyclic) bond motifs is 1. The van der Waals surface area contributed by atoms with Gasteiger partial charge in [0.2, 0.25) is 5.88 Å². The summed E-state index contributed by atoms with van der Waals surface area (Å²) in [6, 6.07) is 8.48. The fourth-order valence-electron chi connectivity index (χ4n) is 4.21. The fraction of sp³-hybridized carbons (Fsp3) is 0.409. The molecule has 0 unspecified atom stereocenters. The third-order valence-electron chi connectivity index (χ3n) is 5.67. The highest BCUT2D eigenvalue weighted by Crippen LogP contribution is 2.50. The number of hydrogen-bond acceptors (Lipinski definition) is 7. The van der Waals surface area contributed by atoms with E-state index in [1.807, 2.05) is 13.8 Å². The monoisotopic (exact) mass is 427 g/mol. The molecule has 0 spiro atoms. The van der Waals surface area contributed by atoms with Crippen molar-refractivity contribution in [3.63, 3.8) is 0 Å². The predicted molar refractivity (Wildman–Crippen MR) is 120 cm³/mol. The highest BCUT2D eigenvalue weighted by molar-refractivity contribution is 7.67. The van der Waals surface area contributed by atoms with E-state index in [1.165, 1.54) is 18.6 Å². The Hall–Kier alpha value is -2.34. The third-order valence-corrected chi connectivity index (χ3v) is 6.53. The largest absolute Gasteiger partial charge is 0.463 e. The first kappa shape index (κ1) is 20.9. The molecule has 0 saturated heterocycles. The van der Waals surface area contributed by atoms with E-state index >= 15 is 0 Å². The van der Waals surface area contributed by atoms with Crippen LogP contribution in [0.3, 0.4) is 0 Å². The van der Waals surface area contributed by atoms with Crippen LogP contribution in [0.2, 0.25) is 0 Å². The van der Waals surface area contributed by atoms with Gasteiger partial charge in [-0.05, 0) is 56.6 Å². The van der Waals surface area contributed by atoms with Crippen LogP contribution in [0.25, 0.3) is 0 Å². The maximum absolute atomic E-state index is 9.68. The SMILES string of the molecule is CC1(C)Oc2ncnc(N)c2N=C1c1ccc(C2CCC(=C[P+](C)(O)O)CC2)cc1. The van der Waals surface area contributed by atoms with E-state index in [9.17, 15) is 9.79 Å². The highest BCUT2D eigenvalue weighted by Gasteiger charge is 2.35. The van der Waals surface area contributed by atoms with Crippen LogP contribution in [0, 0.1) is 0 Å². The standard InChI is InChI=1S/C22H28N4O3P/c1-22(2)19(26-18-20(23)24-13-25-21(18)29-22)17-10-8-16(9-11-17)15-6-4-14(5-7-15)12-30(3,27)28/h8-13,15,27-28H,4-7H2,1-3H3,(H2,23,24,25)/q+1. The summed E-state index contributed by atoms with van der Waals surface area (Å²) in [5.41, 5.74) is 10.0. The van der Waals surface area contributed by atoms with E-state index in [0.717, 1.165) is 42.5 Å². The summed E-state index contributed by atoms with van der Waals surface area (Å²) in [6.07, 6.45) is 5.23. The zero-order valence-corrected chi connectivity index (χ0v) is 18.4. The Labute approximate surface area is 177 Å². The van der Waals surface area contributed by atoms with Crippen molar-refractivity contribution in [1.29, 1.82) is 0 Å². The van der Waals surface area contributed by atoms with E-state index in [-0.39, 0.29) is 0 Å². The molecule has 0 radical (unpaired) electrons. The Bertz CT molecular complexity index is 1000. The second-order valence-electron chi connectivity index (χ2n) is 8.65. The molecule has 4 N–H and O–H groups in total. The lowest BCUT2D eigenvalue weighted by Gasteiger charge is -2.32. The summed E-state index contributed by atoms with van der Waals surface area (Å²) < 4.78 is 6.06. The smallest absolute Gasteiger partial charge is 0.289 e. The molecule has 4 rings (SSSR count). The molecule has 1 saturated carbocycles. The molecule has 2 aromatic rings. The molecule has 1 fully saturated rings. The molecule has 158 valence electrons. The number of aliphatic imine (C=N–C) groups is 1. The Balaban J connectivity index is 1.54. The second kappa shape index (κ2) is 7.73.